The molecule has 2 aromatic rings. The highest BCUT2D eigenvalue weighted by Gasteiger charge is 2.27. The average Bonchev–Trinajstić information content (AvgIpc) is 2.75. The van der Waals surface area contributed by atoms with Crippen molar-refractivity contribution in [2.24, 2.45) is 0 Å². The minimum atomic E-state index is -1.21. The number of alkyl carbamates (subject to hydrolysis) is 1. The van der Waals surface area contributed by atoms with Crippen LogP contribution in [0.1, 0.15) is 39.2 Å². The van der Waals surface area contributed by atoms with Gasteiger partial charge in [-0.15, -0.1) is 0 Å². The van der Waals surface area contributed by atoms with Crippen molar-refractivity contribution in [3.05, 3.63) is 70.3 Å². The molecular weight excluding hydrogens is 432 g/mol. The number of non-ortho nitro benzene ring substituents is 1. The van der Waals surface area contributed by atoms with Gasteiger partial charge in [0.2, 0.25) is 0 Å². The summed E-state index contributed by atoms with van der Waals surface area (Å²) in [5.41, 5.74) is -0.155. The average molecular weight is 458 g/mol. The zero-order valence-corrected chi connectivity index (χ0v) is 18.6. The molecule has 0 bridgehead atoms. The van der Waals surface area contributed by atoms with Crippen LogP contribution in [0.3, 0.4) is 0 Å². The zero-order chi connectivity index (χ0) is 24.4. The molecule has 0 aromatic heterocycles. The molecule has 0 heterocycles. The van der Waals surface area contributed by atoms with Crippen LogP contribution in [-0.4, -0.2) is 34.6 Å². The standard InChI is InChI=1S/C23H26N2O8/c1-23(2,3)33-22(28)24-19(13-14-20(26)31-15-16-7-5-4-6-8-16)21(27)32-18-11-9-17(10-12-18)25(29)30/h4-12,19H,13-15H2,1-3H3,(H,24,28)/t19-/m1/s1. The molecule has 2 aromatic carbocycles. The topological polar surface area (TPSA) is 134 Å². The number of carbonyl (C=O) groups excluding carboxylic acids is 3. The molecule has 0 aliphatic rings. The number of ether oxygens (including phenoxy) is 3. The molecule has 0 unspecified atom stereocenters. The first kappa shape index (κ1) is 25.3. The molecule has 0 spiro atoms. The maximum Gasteiger partial charge on any atom is 0.408 e. The predicted octanol–water partition coefficient (Wildman–Crippen LogP) is 3.92. The number of nitrogens with zero attached hydrogens (tertiary/aromatic N) is 1. The first-order valence-electron chi connectivity index (χ1n) is 10.2. The summed E-state index contributed by atoms with van der Waals surface area (Å²) in [5.74, 6) is -1.36. The highest BCUT2D eigenvalue weighted by molar-refractivity contribution is 5.83. The highest BCUT2D eigenvalue weighted by Crippen LogP contribution is 2.18. The second-order valence-corrected chi connectivity index (χ2v) is 8.06. The van der Waals surface area contributed by atoms with Crippen molar-refractivity contribution in [3.8, 4) is 5.75 Å². The Bertz CT molecular complexity index is 968. The van der Waals surface area contributed by atoms with Crippen LogP contribution in [0.2, 0.25) is 0 Å². The van der Waals surface area contributed by atoms with Gasteiger partial charge < -0.3 is 19.5 Å². The van der Waals surface area contributed by atoms with Gasteiger partial charge in [0, 0.05) is 18.6 Å². The van der Waals surface area contributed by atoms with E-state index in [1.165, 1.54) is 24.3 Å². The number of hydrogen-bond donors (Lipinski definition) is 1. The largest absolute Gasteiger partial charge is 0.461 e. The van der Waals surface area contributed by atoms with Crippen LogP contribution >= 0.6 is 0 Å². The number of benzene rings is 2. The zero-order valence-electron chi connectivity index (χ0n) is 18.6. The summed E-state index contributed by atoms with van der Waals surface area (Å²) in [5, 5.41) is 13.2. The lowest BCUT2D eigenvalue weighted by Crippen LogP contribution is -2.45. The van der Waals surface area contributed by atoms with E-state index in [9.17, 15) is 24.5 Å². The first-order chi connectivity index (χ1) is 15.5. The molecule has 0 radical (unpaired) electrons. The Balaban J connectivity index is 2.00. The summed E-state index contributed by atoms with van der Waals surface area (Å²) in [6, 6.07) is 12.8. The van der Waals surface area contributed by atoms with Crippen molar-refractivity contribution in [2.75, 3.05) is 0 Å². The van der Waals surface area contributed by atoms with Crippen LogP contribution in [0.5, 0.6) is 5.75 Å². The van der Waals surface area contributed by atoms with Crippen LogP contribution in [0.25, 0.3) is 0 Å². The monoisotopic (exact) mass is 458 g/mol. The normalized spacial score (nSPS) is 11.7. The Labute approximate surface area is 191 Å². The molecule has 0 saturated carbocycles. The Morgan fingerprint density at radius 1 is 1.03 bits per heavy atom. The molecule has 0 aliphatic heterocycles. The fraction of sp³-hybridized carbons (Fsp3) is 0.348. The van der Waals surface area contributed by atoms with Crippen LogP contribution in [-0.2, 0) is 25.7 Å². The fourth-order valence-electron chi connectivity index (χ4n) is 2.59. The lowest BCUT2D eigenvalue weighted by molar-refractivity contribution is -0.384. The van der Waals surface area contributed by atoms with E-state index in [0.29, 0.717) is 0 Å². The van der Waals surface area contributed by atoms with E-state index in [1.807, 2.05) is 30.3 Å². The van der Waals surface area contributed by atoms with Gasteiger partial charge in [-0.2, -0.15) is 0 Å². The van der Waals surface area contributed by atoms with Gasteiger partial charge in [-0.25, -0.2) is 9.59 Å². The molecule has 1 N–H and O–H groups in total. The van der Waals surface area contributed by atoms with Gasteiger partial charge in [0.15, 0.2) is 0 Å². The van der Waals surface area contributed by atoms with Crippen molar-refractivity contribution >= 4 is 23.7 Å². The minimum absolute atomic E-state index is 0.0493. The quantitative estimate of drug-likeness (QED) is 0.259. The maximum atomic E-state index is 12.6. The molecule has 176 valence electrons. The van der Waals surface area contributed by atoms with Gasteiger partial charge in [-0.3, -0.25) is 14.9 Å². The number of nitro benzene ring substituents is 1. The molecule has 10 nitrogen and oxygen atoms in total. The Morgan fingerprint density at radius 3 is 2.24 bits per heavy atom. The van der Waals surface area contributed by atoms with Gasteiger partial charge in [0.1, 0.15) is 24.0 Å². The number of nitrogens with one attached hydrogen (secondary N) is 1. The molecule has 0 saturated heterocycles. The number of nitro groups is 1. The number of rotatable bonds is 9. The molecule has 0 fully saturated rings. The summed E-state index contributed by atoms with van der Waals surface area (Å²) in [7, 11) is 0. The first-order valence-corrected chi connectivity index (χ1v) is 10.2. The minimum Gasteiger partial charge on any atom is -0.461 e. The summed E-state index contributed by atoms with van der Waals surface area (Å²) < 4.78 is 15.6. The molecule has 1 atom stereocenters. The van der Waals surface area contributed by atoms with Crippen molar-refractivity contribution in [2.45, 2.75) is 51.9 Å². The third-order valence-corrected chi connectivity index (χ3v) is 4.12. The number of esters is 2. The van der Waals surface area contributed by atoms with Crippen molar-refractivity contribution in [1.82, 2.24) is 5.32 Å². The smallest absolute Gasteiger partial charge is 0.408 e. The van der Waals surface area contributed by atoms with Gasteiger partial charge in [-0.1, -0.05) is 30.3 Å². The second-order valence-electron chi connectivity index (χ2n) is 8.06. The van der Waals surface area contributed by atoms with Crippen LogP contribution in [0.15, 0.2) is 54.6 Å². The van der Waals surface area contributed by atoms with Crippen molar-refractivity contribution in [1.29, 1.82) is 0 Å². The summed E-state index contributed by atoms with van der Waals surface area (Å²) >= 11 is 0. The number of hydrogen-bond acceptors (Lipinski definition) is 8. The van der Waals surface area contributed by atoms with E-state index < -0.39 is 34.6 Å². The third-order valence-electron chi connectivity index (χ3n) is 4.12. The molecule has 1 amide bonds. The fourth-order valence-corrected chi connectivity index (χ4v) is 2.59. The lowest BCUT2D eigenvalue weighted by atomic mass is 10.1. The molecule has 10 heteroatoms. The van der Waals surface area contributed by atoms with Crippen LogP contribution < -0.4 is 10.1 Å². The van der Waals surface area contributed by atoms with E-state index in [4.69, 9.17) is 14.2 Å². The number of carbonyl (C=O) groups is 3. The van der Waals surface area contributed by atoms with E-state index in [2.05, 4.69) is 5.32 Å². The van der Waals surface area contributed by atoms with Gasteiger partial charge in [0.05, 0.1) is 4.92 Å². The van der Waals surface area contributed by atoms with Crippen LogP contribution in [0.4, 0.5) is 10.5 Å². The van der Waals surface area contributed by atoms with E-state index in [-0.39, 0.29) is 30.9 Å². The Hall–Kier alpha value is -3.95. The summed E-state index contributed by atoms with van der Waals surface area (Å²) in [6.45, 7) is 5.07. The molecule has 33 heavy (non-hydrogen) atoms. The van der Waals surface area contributed by atoms with Crippen LogP contribution in [0, 0.1) is 10.1 Å². The van der Waals surface area contributed by atoms with E-state index >= 15 is 0 Å². The van der Waals surface area contributed by atoms with Crippen molar-refractivity contribution in [3.63, 3.8) is 0 Å². The predicted molar refractivity (Wildman–Crippen MR) is 117 cm³/mol. The summed E-state index contributed by atoms with van der Waals surface area (Å²) in [6.07, 6.45) is -1.12. The molecule has 0 aliphatic carbocycles. The Kier molecular flexibility index (Phi) is 8.90. The highest BCUT2D eigenvalue weighted by atomic mass is 16.6. The van der Waals surface area contributed by atoms with Gasteiger partial charge in [-0.05, 0) is 44.9 Å². The van der Waals surface area contributed by atoms with Gasteiger partial charge >= 0.3 is 18.0 Å². The van der Waals surface area contributed by atoms with E-state index in [1.54, 1.807) is 20.8 Å². The van der Waals surface area contributed by atoms with E-state index in [0.717, 1.165) is 5.56 Å². The maximum absolute atomic E-state index is 12.6. The second kappa shape index (κ2) is 11.6. The third kappa shape index (κ3) is 9.38. The number of amides is 1. The Morgan fingerprint density at radius 2 is 1.67 bits per heavy atom. The molecule has 2 rings (SSSR count). The summed E-state index contributed by atoms with van der Waals surface area (Å²) in [4.78, 5) is 47.1. The van der Waals surface area contributed by atoms with Crippen molar-refractivity contribution < 1.29 is 33.5 Å². The van der Waals surface area contributed by atoms with Gasteiger partial charge in [0.25, 0.3) is 5.69 Å². The lowest BCUT2D eigenvalue weighted by Gasteiger charge is -2.22. The SMILES string of the molecule is CC(C)(C)OC(=O)N[C@H](CCC(=O)OCc1ccccc1)C(=O)Oc1ccc([N+](=O)[O-])cc1. The molecular formula is C23H26N2O8.